The largest absolute Gasteiger partial charge is 0.476 e. The highest BCUT2D eigenvalue weighted by atomic mass is 16.5. The monoisotopic (exact) mass is 411 g/mol. The molecule has 1 aromatic heterocycles. The zero-order valence-corrected chi connectivity index (χ0v) is 18.7. The molecule has 1 atom stereocenters. The number of hydrogen-bond acceptors (Lipinski definition) is 3. The summed E-state index contributed by atoms with van der Waals surface area (Å²) in [4.78, 5) is 16.2. The minimum atomic E-state index is 0.0926. The van der Waals surface area contributed by atoms with Crippen LogP contribution in [0.1, 0.15) is 74.8 Å². The summed E-state index contributed by atoms with van der Waals surface area (Å²) in [6.45, 7) is 5.68. The maximum atomic E-state index is 12.8. The molecule has 0 saturated carbocycles. The molecule has 2 heterocycles. The number of rotatable bonds is 11. The number of pyridine rings is 1. The Morgan fingerprint density at radius 3 is 2.43 bits per heavy atom. The van der Waals surface area contributed by atoms with Crippen LogP contribution < -0.4 is 10.2 Å². The van der Waals surface area contributed by atoms with Gasteiger partial charge in [-0.3, -0.25) is 4.79 Å². The number of nitrogens with one attached hydrogen (secondary N) is 1. The zero-order valence-electron chi connectivity index (χ0n) is 18.7. The third-order valence-electron chi connectivity index (χ3n) is 5.90. The number of ether oxygens (including phenoxy) is 2. The van der Waals surface area contributed by atoms with Crippen LogP contribution in [-0.4, -0.2) is 24.3 Å². The van der Waals surface area contributed by atoms with E-state index < -0.39 is 0 Å². The van der Waals surface area contributed by atoms with E-state index in [1.54, 1.807) is 6.07 Å². The van der Waals surface area contributed by atoms with Crippen molar-refractivity contribution in [2.45, 2.75) is 84.2 Å². The van der Waals surface area contributed by atoms with E-state index in [2.05, 4.69) is 43.1 Å². The molecule has 4 nitrogen and oxygen atoms in total. The Labute approximate surface area is 181 Å². The number of aromatic amines is 1. The number of hydrogen-bond donors (Lipinski definition) is 1. The maximum absolute atomic E-state index is 12.8. The van der Waals surface area contributed by atoms with Gasteiger partial charge >= 0.3 is 0 Å². The molecule has 1 aliphatic rings. The van der Waals surface area contributed by atoms with Crippen LogP contribution >= 0.6 is 0 Å². The summed E-state index contributed by atoms with van der Waals surface area (Å²) in [7, 11) is 0. The van der Waals surface area contributed by atoms with Gasteiger partial charge in [-0.1, -0.05) is 51.0 Å². The molecule has 1 fully saturated rings. The Bertz CT molecular complexity index is 819. The van der Waals surface area contributed by atoms with E-state index in [9.17, 15) is 4.79 Å². The Kier molecular flexibility index (Phi) is 9.00. The van der Waals surface area contributed by atoms with Crippen LogP contribution in [0.25, 0.3) is 0 Å². The molecule has 0 amide bonds. The molecule has 30 heavy (non-hydrogen) atoms. The van der Waals surface area contributed by atoms with Crippen LogP contribution in [0.3, 0.4) is 0 Å². The molecule has 164 valence electrons. The topological polar surface area (TPSA) is 51.3 Å². The molecular weight excluding hydrogens is 374 g/mol. The molecule has 4 heteroatoms. The first-order valence-corrected chi connectivity index (χ1v) is 11.8. The van der Waals surface area contributed by atoms with E-state index >= 15 is 0 Å². The third-order valence-corrected chi connectivity index (χ3v) is 5.90. The fourth-order valence-corrected chi connectivity index (χ4v) is 4.09. The van der Waals surface area contributed by atoms with Crippen LogP contribution in [0.2, 0.25) is 0 Å². The average Bonchev–Trinajstić information content (AvgIpc) is 2.77. The smallest absolute Gasteiger partial charge is 0.194 e. The van der Waals surface area contributed by atoms with Gasteiger partial charge in [0.1, 0.15) is 6.61 Å². The van der Waals surface area contributed by atoms with E-state index in [1.165, 1.54) is 24.0 Å². The Balaban J connectivity index is 1.70. The van der Waals surface area contributed by atoms with Gasteiger partial charge in [-0.2, -0.15) is 0 Å². The van der Waals surface area contributed by atoms with Gasteiger partial charge in [-0.05, 0) is 62.5 Å². The highest BCUT2D eigenvalue weighted by Gasteiger charge is 2.16. The lowest BCUT2D eigenvalue weighted by Crippen LogP contribution is -2.26. The molecule has 1 N–H and O–H groups in total. The molecule has 1 aliphatic heterocycles. The van der Waals surface area contributed by atoms with Gasteiger partial charge in [0.2, 0.25) is 0 Å². The summed E-state index contributed by atoms with van der Waals surface area (Å²) in [5, 5.41) is 0. The van der Waals surface area contributed by atoms with Gasteiger partial charge in [-0.15, -0.1) is 0 Å². The van der Waals surface area contributed by atoms with Crippen molar-refractivity contribution in [1.29, 1.82) is 0 Å². The number of aryl methyl sites for hydroxylation is 3. The van der Waals surface area contributed by atoms with Gasteiger partial charge in [0.15, 0.2) is 11.3 Å². The fraction of sp³-hybridized carbons (Fsp3) is 0.577. The molecule has 0 bridgehead atoms. The summed E-state index contributed by atoms with van der Waals surface area (Å²) >= 11 is 0. The minimum Gasteiger partial charge on any atom is -0.476 e. The van der Waals surface area contributed by atoms with Crippen LogP contribution in [0.4, 0.5) is 0 Å². The van der Waals surface area contributed by atoms with Crippen molar-refractivity contribution in [3.8, 4) is 5.88 Å². The van der Waals surface area contributed by atoms with Crippen LogP contribution in [0, 0.1) is 0 Å². The van der Waals surface area contributed by atoms with Crippen LogP contribution in [0.5, 0.6) is 5.88 Å². The average molecular weight is 412 g/mol. The van der Waals surface area contributed by atoms with Gasteiger partial charge in [0.25, 0.3) is 0 Å². The van der Waals surface area contributed by atoms with Crippen LogP contribution in [-0.2, 0) is 30.4 Å². The van der Waals surface area contributed by atoms with Crippen molar-refractivity contribution in [3.63, 3.8) is 0 Å². The third kappa shape index (κ3) is 6.73. The second kappa shape index (κ2) is 11.9. The highest BCUT2D eigenvalue weighted by Crippen LogP contribution is 2.17. The quantitative estimate of drug-likeness (QED) is 0.538. The Morgan fingerprint density at radius 1 is 1.00 bits per heavy atom. The highest BCUT2D eigenvalue weighted by molar-refractivity contribution is 5.29. The molecule has 3 rings (SSSR count). The van der Waals surface area contributed by atoms with E-state index in [1.807, 2.05) is 0 Å². The van der Waals surface area contributed by atoms with Crippen LogP contribution in [0.15, 0.2) is 35.1 Å². The predicted molar refractivity (Wildman–Crippen MR) is 123 cm³/mol. The number of benzene rings is 1. The van der Waals surface area contributed by atoms with Gasteiger partial charge in [-0.25, -0.2) is 0 Å². The molecule has 0 radical (unpaired) electrons. The van der Waals surface area contributed by atoms with Crippen molar-refractivity contribution in [2.75, 3.05) is 13.2 Å². The Morgan fingerprint density at radius 2 is 1.77 bits per heavy atom. The molecule has 1 saturated heterocycles. The Hall–Kier alpha value is -2.07. The van der Waals surface area contributed by atoms with Gasteiger partial charge in [0, 0.05) is 23.9 Å². The molecule has 2 aromatic rings. The van der Waals surface area contributed by atoms with Crippen molar-refractivity contribution in [3.05, 3.63) is 62.9 Å². The second-order valence-electron chi connectivity index (χ2n) is 8.42. The molecule has 1 unspecified atom stereocenters. The summed E-state index contributed by atoms with van der Waals surface area (Å²) in [6, 6.07) is 10.5. The summed E-state index contributed by atoms with van der Waals surface area (Å²) in [6.07, 6.45) is 10.4. The van der Waals surface area contributed by atoms with E-state index in [0.717, 1.165) is 69.2 Å². The molecular formula is C26H37NO3. The first kappa shape index (κ1) is 22.6. The minimum absolute atomic E-state index is 0.0926. The van der Waals surface area contributed by atoms with E-state index in [-0.39, 0.29) is 11.5 Å². The second-order valence-corrected chi connectivity index (χ2v) is 8.42. The maximum Gasteiger partial charge on any atom is 0.194 e. The lowest BCUT2D eigenvalue weighted by molar-refractivity contribution is -0.0120. The number of aromatic nitrogens is 1. The molecule has 1 aromatic carbocycles. The predicted octanol–water partition coefficient (Wildman–Crippen LogP) is 5.40. The SMILES string of the molecule is CCCCc1c(CCc2ccc(CCC)cc2)[nH]c(OCC2CCCCO2)cc1=O. The van der Waals surface area contributed by atoms with Gasteiger partial charge in [0.05, 0.1) is 6.10 Å². The molecule has 0 spiro atoms. The zero-order chi connectivity index (χ0) is 21.2. The standard InChI is InChI=1S/C26H37NO3/c1-3-5-10-23-24(16-15-21-13-11-20(8-4-2)12-14-21)27-26(18-25(23)28)30-19-22-9-6-7-17-29-22/h11-14,18,22H,3-10,15-17,19H2,1-2H3,(H,27,28). The van der Waals surface area contributed by atoms with Crippen molar-refractivity contribution in [1.82, 2.24) is 4.98 Å². The normalized spacial score (nSPS) is 16.5. The number of unbranched alkanes of at least 4 members (excludes halogenated alkanes) is 1. The van der Waals surface area contributed by atoms with E-state index in [4.69, 9.17) is 9.47 Å². The van der Waals surface area contributed by atoms with Crippen molar-refractivity contribution in [2.24, 2.45) is 0 Å². The summed E-state index contributed by atoms with van der Waals surface area (Å²) < 4.78 is 11.7. The first-order chi connectivity index (χ1) is 14.7. The summed E-state index contributed by atoms with van der Waals surface area (Å²) in [5.41, 5.74) is 4.72. The molecule has 0 aliphatic carbocycles. The summed E-state index contributed by atoms with van der Waals surface area (Å²) in [5.74, 6) is 0.572. The fourth-order valence-electron chi connectivity index (χ4n) is 4.09. The first-order valence-electron chi connectivity index (χ1n) is 11.8. The van der Waals surface area contributed by atoms with Gasteiger partial charge < -0.3 is 14.5 Å². The van der Waals surface area contributed by atoms with Crippen molar-refractivity contribution < 1.29 is 9.47 Å². The van der Waals surface area contributed by atoms with Crippen molar-refractivity contribution >= 4 is 0 Å². The lowest BCUT2D eigenvalue weighted by Gasteiger charge is -2.22. The number of H-pyrrole nitrogens is 1. The van der Waals surface area contributed by atoms with E-state index in [0.29, 0.717) is 12.5 Å². The lowest BCUT2D eigenvalue weighted by atomic mass is 9.99.